The van der Waals surface area contributed by atoms with E-state index >= 15 is 0 Å². The molecule has 2 rings (SSSR count). The summed E-state index contributed by atoms with van der Waals surface area (Å²) in [5.41, 5.74) is 7.08. The molecular formula is C15H20N2O. The van der Waals surface area contributed by atoms with Crippen molar-refractivity contribution in [2.24, 2.45) is 5.73 Å². The number of benzene rings is 1. The highest BCUT2D eigenvalue weighted by atomic mass is 16.5. The van der Waals surface area contributed by atoms with E-state index in [-0.39, 0.29) is 6.04 Å². The van der Waals surface area contributed by atoms with Crippen molar-refractivity contribution in [3.8, 4) is 5.75 Å². The first-order chi connectivity index (χ1) is 8.77. The standard InChI is InChI=1S/C15H20N2O/c1-13(16)15-9-5-10-17(15)11-6-12-18-14-7-3-2-4-8-14/h2-5,7-10,13H,6,11-12,16H2,1H3. The van der Waals surface area contributed by atoms with Gasteiger partial charge in [-0.3, -0.25) is 0 Å². The smallest absolute Gasteiger partial charge is 0.119 e. The SMILES string of the molecule is CC(N)c1cccn1CCCOc1ccccc1. The number of hydrogen-bond donors (Lipinski definition) is 1. The topological polar surface area (TPSA) is 40.2 Å². The zero-order chi connectivity index (χ0) is 12.8. The fourth-order valence-electron chi connectivity index (χ4n) is 1.99. The first-order valence-electron chi connectivity index (χ1n) is 6.36. The van der Waals surface area contributed by atoms with E-state index in [1.54, 1.807) is 0 Å². The normalized spacial score (nSPS) is 12.3. The Balaban J connectivity index is 1.77. The van der Waals surface area contributed by atoms with E-state index in [0.29, 0.717) is 0 Å². The van der Waals surface area contributed by atoms with Crippen molar-refractivity contribution in [2.75, 3.05) is 6.61 Å². The average Bonchev–Trinajstić information content (AvgIpc) is 2.84. The van der Waals surface area contributed by atoms with Crippen LogP contribution in [0.3, 0.4) is 0 Å². The fourth-order valence-corrected chi connectivity index (χ4v) is 1.99. The monoisotopic (exact) mass is 244 g/mol. The second-order valence-electron chi connectivity index (χ2n) is 4.43. The molecule has 1 unspecified atom stereocenters. The summed E-state index contributed by atoms with van der Waals surface area (Å²) in [4.78, 5) is 0. The van der Waals surface area contributed by atoms with Crippen molar-refractivity contribution in [3.63, 3.8) is 0 Å². The van der Waals surface area contributed by atoms with E-state index < -0.39 is 0 Å². The summed E-state index contributed by atoms with van der Waals surface area (Å²) >= 11 is 0. The molecule has 0 aliphatic heterocycles. The van der Waals surface area contributed by atoms with Gasteiger partial charge in [-0.15, -0.1) is 0 Å². The van der Waals surface area contributed by atoms with Crippen LogP contribution in [-0.2, 0) is 6.54 Å². The van der Waals surface area contributed by atoms with E-state index in [4.69, 9.17) is 10.5 Å². The van der Waals surface area contributed by atoms with Gasteiger partial charge < -0.3 is 15.0 Å². The molecule has 2 aromatic rings. The number of nitrogens with zero attached hydrogens (tertiary/aromatic N) is 1. The number of para-hydroxylation sites is 1. The molecule has 18 heavy (non-hydrogen) atoms. The summed E-state index contributed by atoms with van der Waals surface area (Å²) in [5.74, 6) is 0.928. The van der Waals surface area contributed by atoms with Gasteiger partial charge in [0.05, 0.1) is 6.61 Å². The Kier molecular flexibility index (Phi) is 4.42. The number of aromatic nitrogens is 1. The van der Waals surface area contributed by atoms with Crippen LogP contribution in [0.15, 0.2) is 48.7 Å². The van der Waals surface area contributed by atoms with Crippen molar-refractivity contribution >= 4 is 0 Å². The fraction of sp³-hybridized carbons (Fsp3) is 0.333. The number of rotatable bonds is 6. The predicted molar refractivity (Wildman–Crippen MR) is 73.6 cm³/mol. The van der Waals surface area contributed by atoms with Crippen molar-refractivity contribution in [2.45, 2.75) is 25.9 Å². The molecule has 0 saturated heterocycles. The molecule has 1 heterocycles. The Morgan fingerprint density at radius 1 is 1.17 bits per heavy atom. The van der Waals surface area contributed by atoms with Gasteiger partial charge in [-0.25, -0.2) is 0 Å². The summed E-state index contributed by atoms with van der Waals surface area (Å²) in [6.45, 7) is 3.67. The van der Waals surface area contributed by atoms with Gasteiger partial charge in [0, 0.05) is 24.5 Å². The minimum absolute atomic E-state index is 0.0787. The van der Waals surface area contributed by atoms with Crippen LogP contribution in [0, 0.1) is 0 Å². The zero-order valence-corrected chi connectivity index (χ0v) is 10.8. The first kappa shape index (κ1) is 12.7. The molecule has 0 fully saturated rings. The molecule has 2 N–H and O–H groups in total. The zero-order valence-electron chi connectivity index (χ0n) is 10.8. The van der Waals surface area contributed by atoms with E-state index in [9.17, 15) is 0 Å². The van der Waals surface area contributed by atoms with Gasteiger partial charge in [0.25, 0.3) is 0 Å². The lowest BCUT2D eigenvalue weighted by Gasteiger charge is -2.12. The number of nitrogens with two attached hydrogens (primary N) is 1. The van der Waals surface area contributed by atoms with Gasteiger partial charge in [0.2, 0.25) is 0 Å². The summed E-state index contributed by atoms with van der Waals surface area (Å²) < 4.78 is 7.85. The van der Waals surface area contributed by atoms with E-state index in [2.05, 4.69) is 16.8 Å². The summed E-state index contributed by atoms with van der Waals surface area (Å²) in [7, 11) is 0. The Morgan fingerprint density at radius 2 is 1.94 bits per heavy atom. The highest BCUT2D eigenvalue weighted by Gasteiger charge is 2.04. The van der Waals surface area contributed by atoms with Crippen LogP contribution in [0.25, 0.3) is 0 Å². The molecule has 1 aromatic carbocycles. The Labute approximate surface area is 108 Å². The lowest BCUT2D eigenvalue weighted by Crippen LogP contribution is -2.13. The molecule has 1 atom stereocenters. The third kappa shape index (κ3) is 3.37. The van der Waals surface area contributed by atoms with Crippen LogP contribution < -0.4 is 10.5 Å². The number of aryl methyl sites for hydroxylation is 1. The Bertz CT molecular complexity index is 462. The molecule has 96 valence electrons. The van der Waals surface area contributed by atoms with Crippen LogP contribution in [0.2, 0.25) is 0 Å². The lowest BCUT2D eigenvalue weighted by atomic mass is 10.2. The predicted octanol–water partition coefficient (Wildman–Crippen LogP) is 2.98. The minimum Gasteiger partial charge on any atom is -0.494 e. The average molecular weight is 244 g/mol. The van der Waals surface area contributed by atoms with Crippen molar-refractivity contribution < 1.29 is 4.74 Å². The Hall–Kier alpha value is -1.74. The summed E-state index contributed by atoms with van der Waals surface area (Å²) in [5, 5.41) is 0. The highest BCUT2D eigenvalue weighted by molar-refractivity contribution is 5.20. The molecule has 0 aliphatic rings. The van der Waals surface area contributed by atoms with Crippen LogP contribution in [0.5, 0.6) is 5.75 Å². The Morgan fingerprint density at radius 3 is 2.67 bits per heavy atom. The maximum absolute atomic E-state index is 5.90. The van der Waals surface area contributed by atoms with Crippen molar-refractivity contribution in [1.82, 2.24) is 4.57 Å². The molecule has 3 nitrogen and oxygen atoms in total. The summed E-state index contributed by atoms with van der Waals surface area (Å²) in [6.07, 6.45) is 3.05. The maximum Gasteiger partial charge on any atom is 0.119 e. The van der Waals surface area contributed by atoms with E-state index in [1.807, 2.05) is 43.3 Å². The molecule has 3 heteroatoms. The molecule has 0 spiro atoms. The molecule has 0 radical (unpaired) electrons. The molecule has 0 amide bonds. The van der Waals surface area contributed by atoms with Crippen LogP contribution in [-0.4, -0.2) is 11.2 Å². The number of ether oxygens (including phenoxy) is 1. The first-order valence-corrected chi connectivity index (χ1v) is 6.36. The quantitative estimate of drug-likeness (QED) is 0.794. The van der Waals surface area contributed by atoms with Gasteiger partial charge >= 0.3 is 0 Å². The molecule has 0 aliphatic carbocycles. The summed E-state index contributed by atoms with van der Waals surface area (Å²) in [6, 6.07) is 14.1. The van der Waals surface area contributed by atoms with Gasteiger partial charge in [-0.2, -0.15) is 0 Å². The molecule has 1 aromatic heterocycles. The van der Waals surface area contributed by atoms with Crippen LogP contribution >= 0.6 is 0 Å². The third-order valence-electron chi connectivity index (χ3n) is 2.89. The van der Waals surface area contributed by atoms with Gasteiger partial charge in [0.15, 0.2) is 0 Å². The molecular weight excluding hydrogens is 224 g/mol. The van der Waals surface area contributed by atoms with E-state index in [1.165, 1.54) is 5.69 Å². The van der Waals surface area contributed by atoms with Gasteiger partial charge in [0.1, 0.15) is 5.75 Å². The second kappa shape index (κ2) is 6.26. The second-order valence-corrected chi connectivity index (χ2v) is 4.43. The maximum atomic E-state index is 5.90. The third-order valence-corrected chi connectivity index (χ3v) is 2.89. The van der Waals surface area contributed by atoms with Gasteiger partial charge in [-0.05, 0) is 37.6 Å². The van der Waals surface area contributed by atoms with Crippen LogP contribution in [0.1, 0.15) is 25.1 Å². The lowest BCUT2D eigenvalue weighted by molar-refractivity contribution is 0.301. The number of hydrogen-bond acceptors (Lipinski definition) is 2. The molecule has 0 bridgehead atoms. The largest absolute Gasteiger partial charge is 0.494 e. The van der Waals surface area contributed by atoms with Crippen LogP contribution in [0.4, 0.5) is 0 Å². The minimum atomic E-state index is 0.0787. The van der Waals surface area contributed by atoms with Gasteiger partial charge in [-0.1, -0.05) is 18.2 Å². The van der Waals surface area contributed by atoms with Crippen molar-refractivity contribution in [1.29, 1.82) is 0 Å². The molecule has 0 saturated carbocycles. The van der Waals surface area contributed by atoms with Crippen molar-refractivity contribution in [3.05, 3.63) is 54.4 Å². The highest BCUT2D eigenvalue weighted by Crippen LogP contribution is 2.12. The van der Waals surface area contributed by atoms with E-state index in [0.717, 1.165) is 25.3 Å².